The van der Waals surface area contributed by atoms with Crippen molar-refractivity contribution in [3.8, 4) is 11.4 Å². The van der Waals surface area contributed by atoms with Crippen LogP contribution in [0, 0.1) is 5.41 Å². The molecule has 0 bridgehead atoms. The van der Waals surface area contributed by atoms with Gasteiger partial charge in [0.2, 0.25) is 17.6 Å². The number of nitrogens with one attached hydrogen (secondary N) is 1. The van der Waals surface area contributed by atoms with Gasteiger partial charge < -0.3 is 19.8 Å². The van der Waals surface area contributed by atoms with Crippen LogP contribution in [-0.2, 0) is 16.8 Å². The molecule has 1 aliphatic heterocycles. The summed E-state index contributed by atoms with van der Waals surface area (Å²) in [6.45, 7) is 8.40. The maximum Gasteiger partial charge on any atom is 0.229 e. The number of rotatable bonds is 8. The summed E-state index contributed by atoms with van der Waals surface area (Å²) in [6, 6.07) is 9.95. The van der Waals surface area contributed by atoms with Crippen LogP contribution in [0.25, 0.3) is 11.4 Å². The number of benzene rings is 1. The highest BCUT2D eigenvalue weighted by atomic mass is 16.5. The number of nitrogens with zero attached hydrogens (tertiary/aromatic N) is 4. The summed E-state index contributed by atoms with van der Waals surface area (Å²) in [5, 5.41) is 19.0. The first kappa shape index (κ1) is 22.1. The lowest BCUT2D eigenvalue weighted by atomic mass is 9.62. The second-order valence-corrected chi connectivity index (χ2v) is 11.2. The van der Waals surface area contributed by atoms with E-state index in [0.29, 0.717) is 30.1 Å². The van der Waals surface area contributed by atoms with Crippen molar-refractivity contribution in [2.24, 2.45) is 5.41 Å². The van der Waals surface area contributed by atoms with Crippen LogP contribution >= 0.6 is 0 Å². The monoisotopic (exact) mass is 494 g/mol. The zero-order valence-electron chi connectivity index (χ0n) is 24.8. The highest BCUT2D eigenvalue weighted by Crippen LogP contribution is 2.50. The van der Waals surface area contributed by atoms with Crippen LogP contribution in [0.4, 0.5) is 0 Å². The topological polar surface area (TPSA) is 104 Å². The summed E-state index contributed by atoms with van der Waals surface area (Å²) >= 11 is 0. The first-order valence-corrected chi connectivity index (χ1v) is 12.2. The molecule has 0 aliphatic carbocycles. The van der Waals surface area contributed by atoms with E-state index >= 15 is 0 Å². The van der Waals surface area contributed by atoms with Crippen LogP contribution in [0.5, 0.6) is 0 Å². The molecule has 4 rings (SSSR count). The van der Waals surface area contributed by atoms with Crippen molar-refractivity contribution in [3.05, 3.63) is 65.3 Å². The maximum absolute atomic E-state index is 12.4. The van der Waals surface area contributed by atoms with Crippen molar-refractivity contribution >= 4 is 5.91 Å². The lowest BCUT2D eigenvalue weighted by Gasteiger charge is -2.55. The number of pyridine rings is 1. The van der Waals surface area contributed by atoms with E-state index in [-0.39, 0.29) is 18.1 Å². The molecule has 1 aliphatic rings. The van der Waals surface area contributed by atoms with E-state index in [2.05, 4.69) is 58.2 Å². The molecule has 8 nitrogen and oxygen atoms in total. The number of amides is 1. The molecule has 3 heterocycles. The Hall–Kier alpha value is -3.10. The Morgan fingerprint density at radius 1 is 1.25 bits per heavy atom. The lowest BCUT2D eigenvalue weighted by molar-refractivity contribution is -0.127. The summed E-state index contributed by atoms with van der Waals surface area (Å²) < 4.78 is 27.3. The zero-order valence-corrected chi connectivity index (χ0v) is 21.8. The van der Waals surface area contributed by atoms with E-state index in [9.17, 15) is 9.90 Å². The van der Waals surface area contributed by atoms with E-state index in [1.165, 1.54) is 5.56 Å². The predicted molar refractivity (Wildman–Crippen MR) is 138 cm³/mol. The third-order valence-electron chi connectivity index (χ3n) is 7.03. The molecule has 192 valence electrons. The molecular formula is C28H37N5O3. The minimum Gasteiger partial charge on any atom is -0.380 e. The minimum atomic E-state index is -2.75. The quantitative estimate of drug-likeness (QED) is 0.489. The van der Waals surface area contributed by atoms with Gasteiger partial charge in [0.25, 0.3) is 0 Å². The van der Waals surface area contributed by atoms with E-state index in [1.807, 2.05) is 25.2 Å². The number of likely N-dealkylation sites (tertiary alicyclic amines) is 1. The van der Waals surface area contributed by atoms with E-state index in [4.69, 9.17) is 8.64 Å². The zero-order chi connectivity index (χ0) is 28.8. The number of aliphatic hydroxyl groups is 1. The van der Waals surface area contributed by atoms with Gasteiger partial charge in [0.15, 0.2) is 0 Å². The Bertz CT molecular complexity index is 1330. The van der Waals surface area contributed by atoms with E-state index in [0.717, 1.165) is 5.56 Å². The number of hydrogen-bond acceptors (Lipinski definition) is 7. The SMILES string of the molecule is [2H]C([2H])([2H])C(=O)NC(C)(C)Cc1nc(-c2cncc([C@@](O)(c3ccc(C(C)C)cc3)C3(C)CN(C)C3)c2)no1. The molecule has 8 heteroatoms. The summed E-state index contributed by atoms with van der Waals surface area (Å²) in [5.74, 6) is -0.147. The molecule has 0 spiro atoms. The lowest BCUT2D eigenvalue weighted by Crippen LogP contribution is -2.63. The molecule has 0 unspecified atom stereocenters. The van der Waals surface area contributed by atoms with Crippen LogP contribution in [0.15, 0.2) is 47.2 Å². The van der Waals surface area contributed by atoms with Crippen molar-refractivity contribution in [2.45, 2.75) is 64.9 Å². The van der Waals surface area contributed by atoms with Crippen LogP contribution < -0.4 is 5.32 Å². The van der Waals surface area contributed by atoms with Gasteiger partial charge >= 0.3 is 0 Å². The second-order valence-electron chi connectivity index (χ2n) is 11.2. The molecule has 1 amide bonds. The average Bonchev–Trinajstić information content (AvgIpc) is 3.29. The summed E-state index contributed by atoms with van der Waals surface area (Å²) in [7, 11) is 2.03. The van der Waals surface area contributed by atoms with Crippen LogP contribution in [0.3, 0.4) is 0 Å². The molecule has 0 saturated carbocycles. The molecule has 1 atom stereocenters. The van der Waals surface area contributed by atoms with Gasteiger partial charge in [-0.3, -0.25) is 9.78 Å². The number of aromatic nitrogens is 3. The fraction of sp³-hybridized carbons (Fsp3) is 0.500. The van der Waals surface area contributed by atoms with Gasteiger partial charge in [-0.1, -0.05) is 50.2 Å². The minimum absolute atomic E-state index is 0.130. The Balaban J connectivity index is 1.65. The van der Waals surface area contributed by atoms with Gasteiger partial charge in [-0.15, -0.1) is 0 Å². The molecule has 3 aromatic rings. The van der Waals surface area contributed by atoms with Crippen LogP contribution in [-0.4, -0.2) is 56.7 Å². The normalized spacial score (nSPS) is 19.1. The van der Waals surface area contributed by atoms with Crippen molar-refractivity contribution in [2.75, 3.05) is 20.1 Å². The molecule has 1 fully saturated rings. The van der Waals surface area contributed by atoms with Gasteiger partial charge in [0.1, 0.15) is 5.60 Å². The molecule has 2 N–H and O–H groups in total. The van der Waals surface area contributed by atoms with Crippen molar-refractivity contribution in [1.82, 2.24) is 25.3 Å². The molecule has 36 heavy (non-hydrogen) atoms. The van der Waals surface area contributed by atoms with Crippen LogP contribution in [0.2, 0.25) is 0 Å². The first-order chi connectivity index (χ1) is 18.0. The smallest absolute Gasteiger partial charge is 0.229 e. The van der Waals surface area contributed by atoms with Gasteiger partial charge in [-0.2, -0.15) is 4.98 Å². The predicted octanol–water partition coefficient (Wildman–Crippen LogP) is 3.90. The van der Waals surface area contributed by atoms with Gasteiger partial charge in [-0.05, 0) is 44.0 Å². The Kier molecular flexibility index (Phi) is 5.78. The highest BCUT2D eigenvalue weighted by Gasteiger charge is 2.55. The fourth-order valence-electron chi connectivity index (χ4n) is 5.28. The van der Waals surface area contributed by atoms with E-state index < -0.39 is 29.3 Å². The highest BCUT2D eigenvalue weighted by molar-refractivity contribution is 5.73. The fourth-order valence-corrected chi connectivity index (χ4v) is 5.28. The number of carbonyl (C=O) groups excluding carboxylic acids is 1. The molecular weight excluding hydrogens is 454 g/mol. The molecule has 0 radical (unpaired) electrons. The summed E-state index contributed by atoms with van der Waals surface area (Å²) in [6.07, 6.45) is 3.42. The largest absolute Gasteiger partial charge is 0.380 e. The molecule has 1 aromatic carbocycles. The summed E-state index contributed by atoms with van der Waals surface area (Å²) in [5.41, 5.74) is 0.497. The molecule has 1 saturated heterocycles. The van der Waals surface area contributed by atoms with Gasteiger partial charge in [0, 0.05) is 64.9 Å². The van der Waals surface area contributed by atoms with Crippen molar-refractivity contribution in [3.63, 3.8) is 0 Å². The standard InChI is InChI=1S/C28H37N5O3/c1-18(2)20-8-10-22(11-9-20)28(35,27(6)16-33(7)17-27)23-12-21(14-29-15-23)25-30-24(36-32-25)13-26(4,5)31-19(3)34/h8-12,14-15,18,35H,13,16-17H2,1-7H3,(H,31,34)/t28-/m0/s1/i3D3. The Morgan fingerprint density at radius 3 is 2.56 bits per heavy atom. The Labute approximate surface area is 217 Å². The summed E-state index contributed by atoms with van der Waals surface area (Å²) in [4.78, 5) is 23.0. The van der Waals surface area contributed by atoms with E-state index in [1.54, 1.807) is 26.2 Å². The van der Waals surface area contributed by atoms with Crippen molar-refractivity contribution < 1.29 is 18.5 Å². The number of hydrogen-bond donors (Lipinski definition) is 2. The molecule has 2 aromatic heterocycles. The third kappa shape index (κ3) is 4.92. The van der Waals surface area contributed by atoms with Gasteiger partial charge in [-0.25, -0.2) is 0 Å². The first-order valence-electron chi connectivity index (χ1n) is 13.7. The maximum atomic E-state index is 12.4. The Morgan fingerprint density at radius 2 is 1.94 bits per heavy atom. The average molecular weight is 495 g/mol. The van der Waals surface area contributed by atoms with Crippen molar-refractivity contribution in [1.29, 1.82) is 0 Å². The van der Waals surface area contributed by atoms with Crippen LogP contribution in [0.1, 0.15) is 74.1 Å². The third-order valence-corrected chi connectivity index (χ3v) is 7.03. The number of carbonyl (C=O) groups is 1. The second kappa shape index (κ2) is 9.41. The van der Waals surface area contributed by atoms with Gasteiger partial charge in [0.05, 0.1) is 0 Å².